The molecule has 1 aliphatic rings. The van der Waals surface area contributed by atoms with Crippen molar-refractivity contribution in [1.29, 1.82) is 0 Å². The van der Waals surface area contributed by atoms with E-state index < -0.39 is 6.23 Å². The van der Waals surface area contributed by atoms with Crippen LogP contribution in [0, 0.1) is 0 Å². The van der Waals surface area contributed by atoms with Crippen LogP contribution < -0.4 is 9.13 Å². The Hall–Kier alpha value is -2.20. The molecule has 0 saturated carbocycles. The van der Waals surface area contributed by atoms with Crippen molar-refractivity contribution in [1.82, 2.24) is 4.40 Å². The first-order chi connectivity index (χ1) is 8.84. The lowest BCUT2D eigenvalue weighted by atomic mass is 10.2. The first-order valence-electron chi connectivity index (χ1n) is 6.03. The van der Waals surface area contributed by atoms with Crippen LogP contribution in [-0.4, -0.2) is 9.51 Å². The number of rotatable bonds is 0. The summed E-state index contributed by atoms with van der Waals surface area (Å²) in [4.78, 5) is 0. The summed E-state index contributed by atoms with van der Waals surface area (Å²) in [6, 6.07) is 12.1. The van der Waals surface area contributed by atoms with E-state index in [1.165, 1.54) is 0 Å². The van der Waals surface area contributed by atoms with Crippen LogP contribution in [-0.2, 0) is 6.54 Å². The number of aliphatic hydroxyl groups excluding tert-OH is 1. The van der Waals surface area contributed by atoms with Crippen LogP contribution in [0.15, 0.2) is 55.0 Å². The third-order valence-corrected chi connectivity index (χ3v) is 3.48. The molecule has 4 heterocycles. The van der Waals surface area contributed by atoms with Gasteiger partial charge in [-0.05, 0) is 18.2 Å². The predicted molar refractivity (Wildman–Crippen MR) is 64.5 cm³/mol. The Morgan fingerprint density at radius 1 is 1.17 bits per heavy atom. The fraction of sp³-hybridized carbons (Fsp3) is 0.143. The maximum Gasteiger partial charge on any atom is 0.360 e. The number of nitrogens with zero attached hydrogens (tertiary/aromatic N) is 3. The Balaban J connectivity index is 2.13. The van der Waals surface area contributed by atoms with Crippen LogP contribution in [0.4, 0.5) is 0 Å². The zero-order valence-corrected chi connectivity index (χ0v) is 9.77. The monoisotopic (exact) mass is 239 g/mol. The van der Waals surface area contributed by atoms with Crippen molar-refractivity contribution in [3.8, 4) is 11.5 Å². The van der Waals surface area contributed by atoms with Gasteiger partial charge < -0.3 is 5.11 Å². The molecule has 4 nitrogen and oxygen atoms in total. The van der Waals surface area contributed by atoms with Gasteiger partial charge >= 0.3 is 5.82 Å². The molecular weight excluding hydrogens is 226 g/mol. The van der Waals surface area contributed by atoms with Gasteiger partial charge in [-0.3, -0.25) is 0 Å². The van der Waals surface area contributed by atoms with Crippen LogP contribution >= 0.6 is 0 Å². The molecule has 0 saturated heterocycles. The fourth-order valence-electron chi connectivity index (χ4n) is 2.69. The van der Waals surface area contributed by atoms with Crippen LogP contribution in [0.25, 0.3) is 17.0 Å². The van der Waals surface area contributed by atoms with E-state index in [0.717, 1.165) is 17.0 Å². The minimum atomic E-state index is -0.504. The topological polar surface area (TPSA) is 32.4 Å². The lowest BCUT2D eigenvalue weighted by Crippen LogP contribution is -2.56. The molecule has 1 aliphatic heterocycles. The summed E-state index contributed by atoms with van der Waals surface area (Å²) in [5, 5.41) is 10.2. The van der Waals surface area contributed by atoms with Crippen molar-refractivity contribution in [3.63, 3.8) is 0 Å². The number of hydrogen-bond donors (Lipinski definition) is 1. The predicted octanol–water partition coefficient (Wildman–Crippen LogP) is 0.686. The van der Waals surface area contributed by atoms with Gasteiger partial charge in [0.05, 0.1) is 6.20 Å². The molecule has 0 fully saturated rings. The quantitative estimate of drug-likeness (QED) is 0.575. The van der Waals surface area contributed by atoms with Gasteiger partial charge in [-0.25, -0.2) is 4.57 Å². The van der Waals surface area contributed by atoms with Gasteiger partial charge in [-0.2, -0.15) is 8.97 Å². The smallest absolute Gasteiger partial charge is 0.334 e. The van der Waals surface area contributed by atoms with Crippen LogP contribution in [0.3, 0.4) is 0 Å². The molecule has 0 aliphatic carbocycles. The van der Waals surface area contributed by atoms with E-state index >= 15 is 0 Å². The van der Waals surface area contributed by atoms with Crippen LogP contribution in [0.5, 0.6) is 0 Å². The third kappa shape index (κ3) is 1.18. The minimum Gasteiger partial charge on any atom is -0.334 e. The second kappa shape index (κ2) is 3.40. The summed E-state index contributed by atoms with van der Waals surface area (Å²) < 4.78 is 6.17. The zero-order chi connectivity index (χ0) is 12.1. The molecule has 3 aromatic rings. The van der Waals surface area contributed by atoms with E-state index in [1.54, 1.807) is 0 Å². The summed E-state index contributed by atoms with van der Waals surface area (Å²) in [5.41, 5.74) is 2.17. The molecule has 0 radical (unpaired) electrons. The first-order valence-corrected chi connectivity index (χ1v) is 6.03. The zero-order valence-electron chi connectivity index (χ0n) is 9.77. The second-order valence-corrected chi connectivity index (χ2v) is 4.57. The molecule has 4 rings (SSSR count). The van der Waals surface area contributed by atoms with Crippen molar-refractivity contribution in [2.24, 2.45) is 0 Å². The normalized spacial score (nSPS) is 17.5. The Bertz CT molecular complexity index is 748. The van der Waals surface area contributed by atoms with E-state index in [9.17, 15) is 5.11 Å². The van der Waals surface area contributed by atoms with Gasteiger partial charge in [-0.15, -0.1) is 0 Å². The van der Waals surface area contributed by atoms with Crippen molar-refractivity contribution in [3.05, 3.63) is 55.0 Å². The van der Waals surface area contributed by atoms with E-state index in [2.05, 4.69) is 27.4 Å². The number of aromatic nitrogens is 3. The van der Waals surface area contributed by atoms with Gasteiger partial charge in [-0.1, -0.05) is 6.07 Å². The molecule has 4 heteroatoms. The molecule has 1 atom stereocenters. The molecule has 0 bridgehead atoms. The highest BCUT2D eigenvalue weighted by molar-refractivity contribution is 5.53. The number of imidazole rings is 1. The maximum absolute atomic E-state index is 10.2. The van der Waals surface area contributed by atoms with E-state index in [-0.39, 0.29) is 0 Å². The molecule has 0 spiro atoms. The Kier molecular flexibility index (Phi) is 1.85. The van der Waals surface area contributed by atoms with Crippen LogP contribution in [0.1, 0.15) is 6.23 Å². The standard InChI is InChI=1S/C14H13N3O/c18-13-10-15-9-11-5-1-3-7-16(11)14(15)12-6-2-4-8-17(12)13/h1-9,13,18H,10H2/q+2. The number of aliphatic hydroxyl groups is 1. The van der Waals surface area contributed by atoms with Crippen molar-refractivity contribution in [2.45, 2.75) is 12.8 Å². The number of fused-ring (bicyclic) bond motifs is 5. The largest absolute Gasteiger partial charge is 0.360 e. The molecule has 88 valence electrons. The second-order valence-electron chi connectivity index (χ2n) is 4.57. The number of pyridine rings is 2. The molecule has 1 N–H and O–H groups in total. The molecule has 1 unspecified atom stereocenters. The van der Waals surface area contributed by atoms with Crippen LogP contribution in [0.2, 0.25) is 0 Å². The average molecular weight is 239 g/mol. The summed E-state index contributed by atoms with van der Waals surface area (Å²) in [6.07, 6.45) is 5.55. The highest BCUT2D eigenvalue weighted by Gasteiger charge is 2.37. The van der Waals surface area contributed by atoms with Gasteiger partial charge in [0.2, 0.25) is 0 Å². The van der Waals surface area contributed by atoms with Gasteiger partial charge in [0.25, 0.3) is 11.9 Å². The summed E-state index contributed by atoms with van der Waals surface area (Å²) in [7, 11) is 0. The van der Waals surface area contributed by atoms with E-state index in [4.69, 9.17) is 0 Å². The van der Waals surface area contributed by atoms with Gasteiger partial charge in [0.15, 0.2) is 18.3 Å². The first kappa shape index (κ1) is 9.79. The Morgan fingerprint density at radius 2 is 2.06 bits per heavy atom. The van der Waals surface area contributed by atoms with Crippen molar-refractivity contribution < 1.29 is 14.2 Å². The van der Waals surface area contributed by atoms with Crippen molar-refractivity contribution in [2.75, 3.05) is 0 Å². The van der Waals surface area contributed by atoms with Gasteiger partial charge in [0, 0.05) is 12.1 Å². The molecule has 0 aromatic carbocycles. The maximum atomic E-state index is 10.2. The average Bonchev–Trinajstić information content (AvgIpc) is 2.77. The fourth-order valence-corrected chi connectivity index (χ4v) is 2.69. The highest BCUT2D eigenvalue weighted by Crippen LogP contribution is 2.19. The molecular formula is C14H13N3O+2. The lowest BCUT2D eigenvalue weighted by molar-refractivity contribution is -0.840. The van der Waals surface area contributed by atoms with E-state index in [1.807, 2.05) is 41.1 Å². The summed E-state index contributed by atoms with van der Waals surface area (Å²) in [5.74, 6) is 1.11. The highest BCUT2D eigenvalue weighted by atomic mass is 16.3. The van der Waals surface area contributed by atoms with E-state index in [0.29, 0.717) is 6.54 Å². The lowest BCUT2D eigenvalue weighted by Gasteiger charge is -2.12. The minimum absolute atomic E-state index is 0.504. The third-order valence-electron chi connectivity index (χ3n) is 3.48. The Labute approximate surface area is 104 Å². The summed E-state index contributed by atoms with van der Waals surface area (Å²) >= 11 is 0. The SMILES string of the molecule is OC1C[n+]2cc3ccccn3c2-c2cccc[n+]21. The molecule has 0 amide bonds. The molecule has 3 aromatic heterocycles. The summed E-state index contributed by atoms with van der Waals surface area (Å²) in [6.45, 7) is 0.582. The number of hydrogen-bond acceptors (Lipinski definition) is 1. The van der Waals surface area contributed by atoms with Gasteiger partial charge in [0.1, 0.15) is 6.20 Å². The Morgan fingerprint density at radius 3 is 3.00 bits per heavy atom. The molecule has 18 heavy (non-hydrogen) atoms. The van der Waals surface area contributed by atoms with Crippen molar-refractivity contribution >= 4 is 5.52 Å².